The number of hydrogen-bond acceptors (Lipinski definition) is 5. The quantitative estimate of drug-likeness (QED) is 0.546. The van der Waals surface area contributed by atoms with Crippen LogP contribution >= 0.6 is 0 Å². The lowest BCUT2D eigenvalue weighted by atomic mass is 10.2. The van der Waals surface area contributed by atoms with Gasteiger partial charge in [-0.2, -0.15) is 4.98 Å². The SMILES string of the molecule is CCN(CC)Cc1ccc2oc(Nc3nc4cc(F)ccc4n3C)nc2c1. The fourth-order valence-electron chi connectivity index (χ4n) is 3.21. The van der Waals surface area contributed by atoms with Gasteiger partial charge in [0.15, 0.2) is 5.58 Å². The molecule has 0 aliphatic carbocycles. The van der Waals surface area contributed by atoms with Crippen LogP contribution in [0.3, 0.4) is 0 Å². The summed E-state index contributed by atoms with van der Waals surface area (Å²) >= 11 is 0. The molecule has 0 saturated carbocycles. The highest BCUT2D eigenvalue weighted by Crippen LogP contribution is 2.25. The van der Waals surface area contributed by atoms with Gasteiger partial charge in [-0.1, -0.05) is 19.9 Å². The number of anilines is 2. The van der Waals surface area contributed by atoms with Gasteiger partial charge in [-0.3, -0.25) is 10.2 Å². The molecule has 0 atom stereocenters. The van der Waals surface area contributed by atoms with Crippen LogP contribution in [0.5, 0.6) is 0 Å². The smallest absolute Gasteiger partial charge is 0.302 e. The minimum atomic E-state index is -0.310. The van der Waals surface area contributed by atoms with Crippen LogP contribution in [0.4, 0.5) is 16.4 Å². The Morgan fingerprint density at radius 1 is 1.07 bits per heavy atom. The Labute approximate surface area is 156 Å². The Bertz CT molecular complexity index is 1100. The van der Waals surface area contributed by atoms with E-state index in [9.17, 15) is 4.39 Å². The summed E-state index contributed by atoms with van der Waals surface area (Å²) in [5.41, 5.74) is 4.12. The molecule has 4 aromatic rings. The van der Waals surface area contributed by atoms with Crippen LogP contribution in [0.25, 0.3) is 22.1 Å². The minimum absolute atomic E-state index is 0.310. The first-order chi connectivity index (χ1) is 13.1. The Kier molecular flexibility index (Phi) is 4.53. The van der Waals surface area contributed by atoms with Gasteiger partial charge in [-0.15, -0.1) is 0 Å². The number of nitrogens with one attached hydrogen (secondary N) is 1. The molecule has 140 valence electrons. The predicted molar refractivity (Wildman–Crippen MR) is 105 cm³/mol. The number of imidazole rings is 1. The third kappa shape index (κ3) is 3.38. The van der Waals surface area contributed by atoms with E-state index < -0.39 is 0 Å². The van der Waals surface area contributed by atoms with E-state index in [4.69, 9.17) is 4.42 Å². The van der Waals surface area contributed by atoms with Crippen molar-refractivity contribution in [2.24, 2.45) is 7.05 Å². The average molecular weight is 367 g/mol. The van der Waals surface area contributed by atoms with Crippen molar-refractivity contribution >= 4 is 34.1 Å². The topological polar surface area (TPSA) is 59.1 Å². The molecule has 27 heavy (non-hydrogen) atoms. The van der Waals surface area contributed by atoms with E-state index in [2.05, 4.69) is 40.1 Å². The second kappa shape index (κ2) is 7.00. The molecule has 0 fully saturated rings. The van der Waals surface area contributed by atoms with E-state index in [0.29, 0.717) is 23.1 Å². The summed E-state index contributed by atoms with van der Waals surface area (Å²) in [7, 11) is 1.86. The van der Waals surface area contributed by atoms with Gasteiger partial charge in [-0.05, 0) is 42.9 Å². The van der Waals surface area contributed by atoms with E-state index in [0.717, 1.165) is 30.7 Å². The number of fused-ring (bicyclic) bond motifs is 2. The lowest BCUT2D eigenvalue weighted by Crippen LogP contribution is -2.21. The third-order valence-electron chi connectivity index (χ3n) is 4.81. The van der Waals surface area contributed by atoms with Gasteiger partial charge in [0.25, 0.3) is 0 Å². The summed E-state index contributed by atoms with van der Waals surface area (Å²) in [5.74, 6) is 0.236. The van der Waals surface area contributed by atoms with E-state index in [-0.39, 0.29) is 5.82 Å². The minimum Gasteiger partial charge on any atom is -0.423 e. The highest BCUT2D eigenvalue weighted by molar-refractivity contribution is 5.80. The van der Waals surface area contributed by atoms with E-state index in [1.165, 1.54) is 17.7 Å². The van der Waals surface area contributed by atoms with Crippen LogP contribution in [0, 0.1) is 5.82 Å². The molecule has 0 amide bonds. The zero-order valence-corrected chi connectivity index (χ0v) is 15.7. The highest BCUT2D eigenvalue weighted by atomic mass is 19.1. The summed E-state index contributed by atoms with van der Waals surface area (Å²) in [6.07, 6.45) is 0. The van der Waals surface area contributed by atoms with Crippen molar-refractivity contribution in [1.82, 2.24) is 19.4 Å². The Morgan fingerprint density at radius 2 is 1.89 bits per heavy atom. The molecule has 1 N–H and O–H groups in total. The number of aryl methyl sites for hydroxylation is 1. The molecule has 0 radical (unpaired) electrons. The molecule has 6 nitrogen and oxygen atoms in total. The number of nitrogens with zero attached hydrogens (tertiary/aromatic N) is 4. The van der Waals surface area contributed by atoms with Crippen LogP contribution in [-0.4, -0.2) is 32.5 Å². The maximum absolute atomic E-state index is 13.4. The van der Waals surface area contributed by atoms with Crippen LogP contribution in [0.15, 0.2) is 40.8 Å². The standard InChI is InChI=1S/C20H22FN5O/c1-4-26(5-2)12-13-6-9-18-16(10-13)23-20(27-18)24-19-22-15-11-14(21)7-8-17(15)25(19)3/h6-11H,4-5,12H2,1-3H3,(H,22,23,24). The van der Waals surface area contributed by atoms with Crippen LogP contribution in [0.2, 0.25) is 0 Å². The largest absolute Gasteiger partial charge is 0.423 e. The van der Waals surface area contributed by atoms with Crippen molar-refractivity contribution in [3.63, 3.8) is 0 Å². The number of rotatable bonds is 6. The Balaban J connectivity index is 1.62. The first-order valence-electron chi connectivity index (χ1n) is 9.08. The molecule has 2 aromatic carbocycles. The number of halogens is 1. The molecule has 0 aliphatic heterocycles. The zero-order valence-electron chi connectivity index (χ0n) is 15.7. The Hall–Kier alpha value is -2.93. The Morgan fingerprint density at radius 3 is 2.67 bits per heavy atom. The summed E-state index contributed by atoms with van der Waals surface area (Å²) in [4.78, 5) is 11.3. The summed E-state index contributed by atoms with van der Waals surface area (Å²) in [6.45, 7) is 7.21. The molecule has 7 heteroatoms. The molecular formula is C20H22FN5O. The maximum atomic E-state index is 13.4. The van der Waals surface area contributed by atoms with Crippen molar-refractivity contribution in [2.45, 2.75) is 20.4 Å². The first kappa shape index (κ1) is 17.5. The number of benzene rings is 2. The third-order valence-corrected chi connectivity index (χ3v) is 4.81. The predicted octanol–water partition coefficient (Wildman–Crippen LogP) is 4.44. The molecular weight excluding hydrogens is 345 g/mol. The van der Waals surface area contributed by atoms with Gasteiger partial charge < -0.3 is 8.98 Å². The second-order valence-corrected chi connectivity index (χ2v) is 6.53. The summed E-state index contributed by atoms with van der Waals surface area (Å²) in [5, 5.41) is 3.09. The van der Waals surface area contributed by atoms with Gasteiger partial charge in [0, 0.05) is 19.7 Å². The molecule has 2 aromatic heterocycles. The summed E-state index contributed by atoms with van der Waals surface area (Å²) < 4.78 is 21.1. The summed E-state index contributed by atoms with van der Waals surface area (Å²) in [6, 6.07) is 10.9. The maximum Gasteiger partial charge on any atom is 0.302 e. The van der Waals surface area contributed by atoms with E-state index in [1.54, 1.807) is 6.07 Å². The van der Waals surface area contributed by atoms with E-state index in [1.807, 2.05) is 23.7 Å². The van der Waals surface area contributed by atoms with Crippen LogP contribution < -0.4 is 5.32 Å². The normalized spacial score (nSPS) is 11.7. The lowest BCUT2D eigenvalue weighted by Gasteiger charge is -2.17. The van der Waals surface area contributed by atoms with Gasteiger partial charge in [0.1, 0.15) is 11.3 Å². The zero-order chi connectivity index (χ0) is 19.0. The molecule has 0 spiro atoms. The first-order valence-corrected chi connectivity index (χ1v) is 9.08. The number of oxazole rings is 1. The monoisotopic (exact) mass is 367 g/mol. The van der Waals surface area contributed by atoms with Crippen LogP contribution in [0.1, 0.15) is 19.4 Å². The van der Waals surface area contributed by atoms with Crippen LogP contribution in [-0.2, 0) is 13.6 Å². The van der Waals surface area contributed by atoms with E-state index >= 15 is 0 Å². The molecule has 4 rings (SSSR count). The molecule has 0 aliphatic rings. The van der Waals surface area contributed by atoms with Gasteiger partial charge >= 0.3 is 6.01 Å². The molecule has 2 heterocycles. The van der Waals surface area contributed by atoms with Crippen molar-refractivity contribution < 1.29 is 8.81 Å². The molecule has 0 bridgehead atoms. The average Bonchev–Trinajstić information content (AvgIpc) is 3.19. The lowest BCUT2D eigenvalue weighted by molar-refractivity contribution is 0.296. The molecule has 0 saturated heterocycles. The highest BCUT2D eigenvalue weighted by Gasteiger charge is 2.13. The second-order valence-electron chi connectivity index (χ2n) is 6.53. The van der Waals surface area contributed by atoms with Crippen molar-refractivity contribution in [3.05, 3.63) is 47.8 Å². The number of hydrogen-bond donors (Lipinski definition) is 1. The van der Waals surface area contributed by atoms with Gasteiger partial charge in [0.05, 0.1) is 11.0 Å². The molecule has 0 unspecified atom stereocenters. The van der Waals surface area contributed by atoms with Crippen molar-refractivity contribution in [2.75, 3.05) is 18.4 Å². The van der Waals surface area contributed by atoms with Gasteiger partial charge in [0.2, 0.25) is 5.95 Å². The number of aromatic nitrogens is 3. The fourth-order valence-corrected chi connectivity index (χ4v) is 3.21. The van der Waals surface area contributed by atoms with Crippen molar-refractivity contribution in [3.8, 4) is 0 Å². The van der Waals surface area contributed by atoms with Crippen molar-refractivity contribution in [1.29, 1.82) is 0 Å². The van der Waals surface area contributed by atoms with Gasteiger partial charge in [-0.25, -0.2) is 9.37 Å². The fraction of sp³-hybridized carbons (Fsp3) is 0.300.